The Bertz CT molecular complexity index is 1100. The summed E-state index contributed by atoms with van der Waals surface area (Å²) in [6.45, 7) is -0.698. The van der Waals surface area contributed by atoms with Crippen LogP contribution < -0.4 is 11.2 Å². The topological polar surface area (TPSA) is 140 Å². The minimum absolute atomic E-state index is 0.173. The predicted octanol–water partition coefficient (Wildman–Crippen LogP) is -0.675. The van der Waals surface area contributed by atoms with Crippen LogP contribution in [0, 0.1) is 0 Å². The predicted molar refractivity (Wildman–Crippen MR) is 99.0 cm³/mol. The van der Waals surface area contributed by atoms with E-state index >= 15 is 0 Å². The number of aliphatic hydroxyl groups excluding tert-OH is 3. The molecule has 4 atom stereocenters. The normalized spacial score (nSPS) is 24.1. The van der Waals surface area contributed by atoms with Gasteiger partial charge in [0.05, 0.1) is 19.3 Å². The molecule has 10 nitrogen and oxygen atoms in total. The van der Waals surface area contributed by atoms with Crippen LogP contribution in [-0.4, -0.2) is 54.4 Å². The number of aromatic nitrogens is 3. The summed E-state index contributed by atoms with van der Waals surface area (Å²) in [6.07, 6.45) is -2.47. The SMILES string of the molecule is O=c1ccn([C@@H]2O[C@H](CO)C(O)C2O)c(=O)n1Cc1cnc(-c2ccccc2)o1. The Morgan fingerprint density at radius 1 is 1.07 bits per heavy atom. The number of hydrogen-bond acceptors (Lipinski definition) is 8. The van der Waals surface area contributed by atoms with Crippen molar-refractivity contribution in [2.75, 3.05) is 6.61 Å². The maximum absolute atomic E-state index is 12.8. The van der Waals surface area contributed by atoms with Crippen molar-refractivity contribution in [2.45, 2.75) is 31.1 Å². The quantitative estimate of drug-likeness (QED) is 0.511. The number of benzene rings is 1. The average Bonchev–Trinajstić information content (AvgIpc) is 3.31. The van der Waals surface area contributed by atoms with Gasteiger partial charge in [-0.05, 0) is 12.1 Å². The molecule has 152 valence electrons. The zero-order chi connectivity index (χ0) is 20.5. The molecule has 2 aromatic heterocycles. The summed E-state index contributed by atoms with van der Waals surface area (Å²) < 4.78 is 12.9. The van der Waals surface area contributed by atoms with Crippen LogP contribution in [0.4, 0.5) is 0 Å². The first-order valence-electron chi connectivity index (χ1n) is 8.94. The molecule has 2 unspecified atom stereocenters. The molecule has 10 heteroatoms. The Morgan fingerprint density at radius 3 is 2.52 bits per heavy atom. The van der Waals surface area contributed by atoms with Gasteiger partial charge in [-0.15, -0.1) is 0 Å². The van der Waals surface area contributed by atoms with E-state index in [-0.39, 0.29) is 6.54 Å². The highest BCUT2D eigenvalue weighted by Crippen LogP contribution is 2.27. The van der Waals surface area contributed by atoms with Crippen LogP contribution >= 0.6 is 0 Å². The Kier molecular flexibility index (Phi) is 5.16. The summed E-state index contributed by atoms with van der Waals surface area (Å²) >= 11 is 0. The molecule has 1 fully saturated rings. The van der Waals surface area contributed by atoms with Gasteiger partial charge in [0.25, 0.3) is 5.56 Å². The van der Waals surface area contributed by atoms with Gasteiger partial charge in [0.2, 0.25) is 5.89 Å². The number of hydrogen-bond donors (Lipinski definition) is 3. The van der Waals surface area contributed by atoms with Crippen LogP contribution in [0.2, 0.25) is 0 Å². The molecule has 3 aromatic rings. The van der Waals surface area contributed by atoms with Gasteiger partial charge in [0.15, 0.2) is 6.23 Å². The monoisotopic (exact) mass is 401 g/mol. The van der Waals surface area contributed by atoms with E-state index in [1.165, 1.54) is 12.4 Å². The third kappa shape index (κ3) is 3.54. The van der Waals surface area contributed by atoms with E-state index < -0.39 is 42.4 Å². The number of oxazole rings is 1. The summed E-state index contributed by atoms with van der Waals surface area (Å²) in [5, 5.41) is 29.3. The Balaban J connectivity index is 1.64. The van der Waals surface area contributed by atoms with Gasteiger partial charge in [-0.2, -0.15) is 0 Å². The van der Waals surface area contributed by atoms with E-state index in [9.17, 15) is 24.9 Å². The van der Waals surface area contributed by atoms with Gasteiger partial charge >= 0.3 is 5.69 Å². The van der Waals surface area contributed by atoms with Crippen molar-refractivity contribution in [3.05, 3.63) is 75.4 Å². The van der Waals surface area contributed by atoms with Crippen molar-refractivity contribution < 1.29 is 24.5 Å². The molecule has 0 spiro atoms. The first kappa shape index (κ1) is 19.3. The number of rotatable bonds is 5. The third-order valence-corrected chi connectivity index (χ3v) is 4.78. The fourth-order valence-corrected chi connectivity index (χ4v) is 3.23. The van der Waals surface area contributed by atoms with Gasteiger partial charge in [0.1, 0.15) is 24.1 Å². The maximum atomic E-state index is 12.8. The van der Waals surface area contributed by atoms with Gasteiger partial charge < -0.3 is 24.5 Å². The lowest BCUT2D eigenvalue weighted by Crippen LogP contribution is -2.43. The lowest BCUT2D eigenvalue weighted by molar-refractivity contribution is -0.0555. The van der Waals surface area contributed by atoms with Crippen LogP contribution in [0.1, 0.15) is 12.0 Å². The van der Waals surface area contributed by atoms with Crippen molar-refractivity contribution in [1.82, 2.24) is 14.1 Å². The fourth-order valence-electron chi connectivity index (χ4n) is 3.23. The summed E-state index contributed by atoms with van der Waals surface area (Å²) in [4.78, 5) is 29.3. The summed E-state index contributed by atoms with van der Waals surface area (Å²) in [5.41, 5.74) is -0.580. The second-order valence-electron chi connectivity index (χ2n) is 6.66. The van der Waals surface area contributed by atoms with Gasteiger partial charge in [0, 0.05) is 17.8 Å². The molecule has 4 rings (SSSR count). The molecule has 3 N–H and O–H groups in total. The van der Waals surface area contributed by atoms with E-state index in [1.54, 1.807) is 0 Å². The first-order chi connectivity index (χ1) is 14.0. The smallest absolute Gasteiger partial charge is 0.333 e. The van der Waals surface area contributed by atoms with E-state index in [0.717, 1.165) is 20.8 Å². The summed E-state index contributed by atoms with van der Waals surface area (Å²) in [7, 11) is 0. The van der Waals surface area contributed by atoms with E-state index in [1.807, 2.05) is 30.3 Å². The molecular formula is C19H19N3O7. The molecule has 29 heavy (non-hydrogen) atoms. The number of nitrogens with zero attached hydrogens (tertiary/aromatic N) is 3. The summed E-state index contributed by atoms with van der Waals surface area (Å²) in [5.74, 6) is 0.648. The van der Waals surface area contributed by atoms with E-state index in [2.05, 4.69) is 4.98 Å². The van der Waals surface area contributed by atoms with Gasteiger partial charge in [-0.3, -0.25) is 13.9 Å². The van der Waals surface area contributed by atoms with E-state index in [4.69, 9.17) is 9.15 Å². The molecule has 0 amide bonds. The highest BCUT2D eigenvalue weighted by molar-refractivity contribution is 5.52. The van der Waals surface area contributed by atoms with Gasteiger partial charge in [-0.1, -0.05) is 18.2 Å². The molecule has 0 saturated carbocycles. The maximum Gasteiger partial charge on any atom is 0.333 e. The Hall–Kier alpha value is -3.05. The number of aliphatic hydroxyl groups is 3. The third-order valence-electron chi connectivity index (χ3n) is 4.78. The summed E-state index contributed by atoms with van der Waals surface area (Å²) in [6, 6.07) is 10.3. The first-order valence-corrected chi connectivity index (χ1v) is 8.94. The van der Waals surface area contributed by atoms with Crippen LogP contribution in [0.3, 0.4) is 0 Å². The fraction of sp³-hybridized carbons (Fsp3) is 0.316. The zero-order valence-electron chi connectivity index (χ0n) is 15.2. The second kappa shape index (κ2) is 7.76. The minimum atomic E-state index is -1.44. The van der Waals surface area contributed by atoms with Gasteiger partial charge in [-0.25, -0.2) is 9.78 Å². The lowest BCUT2D eigenvalue weighted by atomic mass is 10.1. The van der Waals surface area contributed by atoms with Crippen LogP contribution in [-0.2, 0) is 11.3 Å². The highest BCUT2D eigenvalue weighted by atomic mass is 16.6. The molecule has 1 aliphatic heterocycles. The zero-order valence-corrected chi connectivity index (χ0v) is 15.2. The van der Waals surface area contributed by atoms with Crippen molar-refractivity contribution in [3.63, 3.8) is 0 Å². The average molecular weight is 401 g/mol. The molecule has 3 heterocycles. The lowest BCUT2D eigenvalue weighted by Gasteiger charge is -2.18. The molecule has 0 aliphatic carbocycles. The number of ether oxygens (including phenoxy) is 1. The van der Waals surface area contributed by atoms with E-state index in [0.29, 0.717) is 11.7 Å². The molecular weight excluding hydrogens is 382 g/mol. The molecule has 0 radical (unpaired) electrons. The van der Waals surface area contributed by atoms with Crippen LogP contribution in [0.25, 0.3) is 11.5 Å². The highest BCUT2D eigenvalue weighted by Gasteiger charge is 2.43. The minimum Gasteiger partial charge on any atom is -0.439 e. The second-order valence-corrected chi connectivity index (χ2v) is 6.66. The largest absolute Gasteiger partial charge is 0.439 e. The Labute approximate surface area is 163 Å². The van der Waals surface area contributed by atoms with Crippen molar-refractivity contribution in [1.29, 1.82) is 0 Å². The molecule has 1 saturated heterocycles. The molecule has 0 bridgehead atoms. The van der Waals surface area contributed by atoms with Crippen LogP contribution in [0.15, 0.2) is 62.8 Å². The Morgan fingerprint density at radius 2 is 1.83 bits per heavy atom. The molecule has 1 aliphatic rings. The molecule has 1 aromatic carbocycles. The standard InChI is InChI=1S/C19H19N3O7/c23-10-13-15(25)16(26)18(29-13)21-7-6-14(24)22(19(21)27)9-12-8-20-17(28-12)11-4-2-1-3-5-11/h1-8,13,15-16,18,23,25-26H,9-10H2/t13-,15?,16?,18-/m1/s1. The van der Waals surface area contributed by atoms with Crippen LogP contribution in [0.5, 0.6) is 0 Å². The van der Waals surface area contributed by atoms with Crippen molar-refractivity contribution in [3.8, 4) is 11.5 Å². The van der Waals surface area contributed by atoms with Crippen molar-refractivity contribution in [2.24, 2.45) is 0 Å². The van der Waals surface area contributed by atoms with Crippen molar-refractivity contribution >= 4 is 0 Å².